The van der Waals surface area contributed by atoms with E-state index >= 15 is 0 Å². The van der Waals surface area contributed by atoms with Gasteiger partial charge in [-0.25, -0.2) is 0 Å². The maximum Gasteiger partial charge on any atom is 0.200 e. The Balaban J connectivity index is 1.67. The molecular formula is C23H16ClNO2. The number of hydrogen-bond donors (Lipinski definition) is 0. The van der Waals surface area contributed by atoms with Crippen LogP contribution in [0.25, 0.3) is 11.6 Å². The molecule has 0 aliphatic carbocycles. The van der Waals surface area contributed by atoms with Crippen molar-refractivity contribution in [3.05, 3.63) is 101 Å². The molecule has 0 N–H and O–H groups in total. The second-order valence-corrected chi connectivity index (χ2v) is 6.26. The smallest absolute Gasteiger partial charge is 0.200 e. The third-order valence-corrected chi connectivity index (χ3v) is 4.18. The average molecular weight is 374 g/mol. The molecule has 0 aliphatic heterocycles. The van der Waals surface area contributed by atoms with Gasteiger partial charge in [-0.3, -0.25) is 4.79 Å². The van der Waals surface area contributed by atoms with Crippen molar-refractivity contribution in [2.75, 3.05) is 6.61 Å². The number of benzene rings is 3. The summed E-state index contributed by atoms with van der Waals surface area (Å²) in [6.07, 6.45) is 1.79. The molecule has 27 heavy (non-hydrogen) atoms. The largest absolute Gasteiger partial charge is 0.485 e. The van der Waals surface area contributed by atoms with Crippen molar-refractivity contribution in [3.8, 4) is 11.8 Å². The molecular weight excluding hydrogens is 358 g/mol. The summed E-state index contributed by atoms with van der Waals surface area (Å²) in [7, 11) is 0. The fraction of sp³-hybridized carbons (Fsp3) is 0.0435. The van der Waals surface area contributed by atoms with Gasteiger partial charge < -0.3 is 4.74 Å². The second-order valence-electron chi connectivity index (χ2n) is 5.82. The van der Waals surface area contributed by atoms with Gasteiger partial charge in [-0.2, -0.15) is 5.26 Å². The Hall–Kier alpha value is -3.35. The standard InChI is InChI=1S/C23H16ClNO2/c24-21-10-8-18(9-11-21)20(15-25)14-17-6-12-22(13-7-17)27-16-23(26)19-4-2-1-3-5-19/h1-14H,16H2. The highest BCUT2D eigenvalue weighted by Gasteiger charge is 2.06. The first-order chi connectivity index (χ1) is 13.2. The lowest BCUT2D eigenvalue weighted by atomic mass is 10.0. The molecule has 0 fully saturated rings. The van der Waals surface area contributed by atoms with E-state index in [-0.39, 0.29) is 12.4 Å². The van der Waals surface area contributed by atoms with E-state index in [2.05, 4.69) is 6.07 Å². The number of allylic oxidation sites excluding steroid dienone is 1. The quantitative estimate of drug-likeness (QED) is 0.318. The van der Waals surface area contributed by atoms with Crippen LogP contribution < -0.4 is 4.74 Å². The summed E-state index contributed by atoms with van der Waals surface area (Å²) in [6, 6.07) is 25.6. The minimum Gasteiger partial charge on any atom is -0.485 e. The van der Waals surface area contributed by atoms with Crippen LogP contribution in [0.1, 0.15) is 21.5 Å². The van der Waals surface area contributed by atoms with Crippen molar-refractivity contribution in [2.24, 2.45) is 0 Å². The highest BCUT2D eigenvalue weighted by atomic mass is 35.5. The molecule has 3 nitrogen and oxygen atoms in total. The van der Waals surface area contributed by atoms with E-state index < -0.39 is 0 Å². The Morgan fingerprint density at radius 1 is 0.926 bits per heavy atom. The van der Waals surface area contributed by atoms with Crippen molar-refractivity contribution in [1.29, 1.82) is 5.26 Å². The first-order valence-corrected chi connectivity index (χ1v) is 8.72. The fourth-order valence-corrected chi connectivity index (χ4v) is 2.62. The first-order valence-electron chi connectivity index (χ1n) is 8.34. The molecule has 0 atom stereocenters. The summed E-state index contributed by atoms with van der Waals surface area (Å²) in [4.78, 5) is 12.1. The van der Waals surface area contributed by atoms with Crippen LogP contribution in [0.15, 0.2) is 78.9 Å². The number of ketones is 1. The van der Waals surface area contributed by atoms with Crippen molar-refractivity contribution >= 4 is 29.0 Å². The minimum atomic E-state index is -0.0749. The van der Waals surface area contributed by atoms with Crippen LogP contribution in [0.5, 0.6) is 5.75 Å². The van der Waals surface area contributed by atoms with Crippen molar-refractivity contribution in [2.45, 2.75) is 0 Å². The maximum absolute atomic E-state index is 12.1. The number of halogens is 1. The zero-order valence-electron chi connectivity index (χ0n) is 14.4. The Labute approximate surface area is 163 Å². The van der Waals surface area contributed by atoms with E-state index in [1.165, 1.54) is 0 Å². The van der Waals surface area contributed by atoms with Crippen molar-refractivity contribution in [3.63, 3.8) is 0 Å². The predicted octanol–water partition coefficient (Wildman–Crippen LogP) is 5.67. The summed E-state index contributed by atoms with van der Waals surface area (Å²) in [6.45, 7) is -0.0204. The fourth-order valence-electron chi connectivity index (χ4n) is 2.49. The maximum atomic E-state index is 12.1. The van der Waals surface area contributed by atoms with Crippen molar-refractivity contribution in [1.82, 2.24) is 0 Å². The predicted molar refractivity (Wildman–Crippen MR) is 108 cm³/mol. The number of hydrogen-bond acceptors (Lipinski definition) is 3. The molecule has 0 saturated carbocycles. The number of Topliss-reactive ketones (excluding diaryl/α,β-unsaturated/α-hetero) is 1. The number of ether oxygens (including phenoxy) is 1. The zero-order chi connectivity index (χ0) is 19.1. The van der Waals surface area contributed by atoms with E-state index in [0.29, 0.717) is 21.9 Å². The molecule has 0 saturated heterocycles. The Morgan fingerprint density at radius 3 is 2.22 bits per heavy atom. The lowest BCUT2D eigenvalue weighted by Gasteiger charge is -2.06. The number of rotatable bonds is 6. The normalized spacial score (nSPS) is 10.9. The van der Waals surface area contributed by atoms with Gasteiger partial charge in [-0.05, 0) is 41.5 Å². The summed E-state index contributed by atoms with van der Waals surface area (Å²) >= 11 is 5.89. The summed E-state index contributed by atoms with van der Waals surface area (Å²) in [5.74, 6) is 0.524. The molecule has 0 aromatic heterocycles. The second kappa shape index (κ2) is 8.84. The van der Waals surface area contributed by atoms with Gasteiger partial charge in [0.25, 0.3) is 0 Å². The molecule has 0 aliphatic rings. The molecule has 0 bridgehead atoms. The minimum absolute atomic E-state index is 0.0204. The van der Waals surface area contributed by atoms with Crippen LogP contribution in [0.4, 0.5) is 0 Å². The highest BCUT2D eigenvalue weighted by Crippen LogP contribution is 2.21. The lowest BCUT2D eigenvalue weighted by molar-refractivity contribution is 0.0921. The topological polar surface area (TPSA) is 50.1 Å². The van der Waals surface area contributed by atoms with Crippen LogP contribution >= 0.6 is 11.6 Å². The molecule has 3 aromatic carbocycles. The lowest BCUT2D eigenvalue weighted by Crippen LogP contribution is -2.11. The van der Waals surface area contributed by atoms with E-state index in [1.54, 1.807) is 42.5 Å². The first kappa shape index (κ1) is 18.4. The van der Waals surface area contributed by atoms with E-state index in [1.807, 2.05) is 42.5 Å². The van der Waals surface area contributed by atoms with Crippen LogP contribution in [-0.2, 0) is 0 Å². The summed E-state index contributed by atoms with van der Waals surface area (Å²) in [5.41, 5.74) is 2.83. The average Bonchev–Trinajstić information content (AvgIpc) is 2.72. The third-order valence-electron chi connectivity index (χ3n) is 3.93. The van der Waals surface area contributed by atoms with Gasteiger partial charge in [-0.1, -0.05) is 66.2 Å². The molecule has 0 heterocycles. The Kier molecular flexibility index (Phi) is 6.04. The van der Waals surface area contributed by atoms with Crippen LogP contribution in [0.3, 0.4) is 0 Å². The van der Waals surface area contributed by atoms with E-state index in [9.17, 15) is 10.1 Å². The molecule has 0 unspecified atom stereocenters. The van der Waals surface area contributed by atoms with Gasteiger partial charge in [0.2, 0.25) is 0 Å². The molecule has 0 radical (unpaired) electrons. The summed E-state index contributed by atoms with van der Waals surface area (Å²) < 4.78 is 5.56. The SMILES string of the molecule is N#CC(=Cc1ccc(OCC(=O)c2ccccc2)cc1)c1ccc(Cl)cc1. The van der Waals surface area contributed by atoms with Gasteiger partial charge in [0, 0.05) is 10.6 Å². The number of carbonyl (C=O) groups excluding carboxylic acids is 1. The van der Waals surface area contributed by atoms with E-state index in [0.717, 1.165) is 11.1 Å². The van der Waals surface area contributed by atoms with Gasteiger partial charge in [-0.15, -0.1) is 0 Å². The number of nitrogens with zero attached hydrogens (tertiary/aromatic N) is 1. The number of nitriles is 1. The molecule has 0 spiro atoms. The molecule has 0 amide bonds. The Bertz CT molecular complexity index is 985. The highest BCUT2D eigenvalue weighted by molar-refractivity contribution is 6.30. The number of carbonyl (C=O) groups is 1. The third kappa shape index (κ3) is 5.07. The molecule has 3 aromatic rings. The van der Waals surface area contributed by atoms with Gasteiger partial charge in [0.1, 0.15) is 5.75 Å². The van der Waals surface area contributed by atoms with Gasteiger partial charge in [0.15, 0.2) is 12.4 Å². The summed E-state index contributed by atoms with van der Waals surface area (Å²) in [5, 5.41) is 10.0. The molecule has 3 rings (SSSR count). The van der Waals surface area contributed by atoms with Gasteiger partial charge in [0.05, 0.1) is 11.6 Å². The molecule has 132 valence electrons. The van der Waals surface area contributed by atoms with Gasteiger partial charge >= 0.3 is 0 Å². The monoisotopic (exact) mass is 373 g/mol. The van der Waals surface area contributed by atoms with Crippen LogP contribution in [0, 0.1) is 11.3 Å². The zero-order valence-corrected chi connectivity index (χ0v) is 15.2. The van der Waals surface area contributed by atoms with Crippen LogP contribution in [-0.4, -0.2) is 12.4 Å². The van der Waals surface area contributed by atoms with Crippen molar-refractivity contribution < 1.29 is 9.53 Å². The molecule has 4 heteroatoms. The van der Waals surface area contributed by atoms with Crippen LogP contribution in [0.2, 0.25) is 5.02 Å². The van der Waals surface area contributed by atoms with E-state index in [4.69, 9.17) is 16.3 Å². The Morgan fingerprint density at radius 2 is 1.59 bits per heavy atom.